The van der Waals surface area contributed by atoms with Crippen molar-refractivity contribution < 1.29 is 14.7 Å². The number of hydrogen-bond acceptors (Lipinski definition) is 3. The number of carboxylic acid groups (broad SMARTS) is 1. The largest absolute Gasteiger partial charge is 0.481 e. The molecule has 0 bridgehead atoms. The molecule has 0 aliphatic carbocycles. The molecular formula is C14H28N2O3. The SMILES string of the molecule is CCCCNC(=O)C(C)N(CCCC(=O)O)C(C)C. The van der Waals surface area contributed by atoms with Crippen molar-refractivity contribution in [3.05, 3.63) is 0 Å². The molecule has 2 N–H and O–H groups in total. The van der Waals surface area contributed by atoms with Gasteiger partial charge in [0.05, 0.1) is 6.04 Å². The van der Waals surface area contributed by atoms with Crippen LogP contribution in [0.25, 0.3) is 0 Å². The van der Waals surface area contributed by atoms with E-state index in [1.54, 1.807) is 0 Å². The molecule has 1 amide bonds. The average molecular weight is 272 g/mol. The van der Waals surface area contributed by atoms with Crippen molar-refractivity contribution in [3.63, 3.8) is 0 Å². The van der Waals surface area contributed by atoms with E-state index in [9.17, 15) is 9.59 Å². The Bertz CT molecular complexity index is 280. The second-order valence-corrected chi connectivity index (χ2v) is 5.15. The number of hydrogen-bond donors (Lipinski definition) is 2. The number of unbranched alkanes of at least 4 members (excludes halogenated alkanes) is 1. The van der Waals surface area contributed by atoms with Gasteiger partial charge in [0.1, 0.15) is 0 Å². The second kappa shape index (κ2) is 9.78. The summed E-state index contributed by atoms with van der Waals surface area (Å²) in [5, 5.41) is 11.6. The standard InChI is InChI=1S/C14H28N2O3/c1-5-6-9-15-14(19)12(4)16(11(2)3)10-7-8-13(17)18/h11-12H,5-10H2,1-4H3,(H,15,19)(H,17,18). The minimum absolute atomic E-state index is 0.0254. The maximum atomic E-state index is 12.0. The molecular weight excluding hydrogens is 244 g/mol. The van der Waals surface area contributed by atoms with Crippen LogP contribution in [0.4, 0.5) is 0 Å². The molecule has 0 aliphatic heterocycles. The smallest absolute Gasteiger partial charge is 0.303 e. The lowest BCUT2D eigenvalue weighted by molar-refractivity contribution is -0.137. The number of amides is 1. The Morgan fingerprint density at radius 2 is 1.84 bits per heavy atom. The van der Waals surface area contributed by atoms with E-state index in [4.69, 9.17) is 5.11 Å². The van der Waals surface area contributed by atoms with Crippen LogP contribution in [-0.2, 0) is 9.59 Å². The van der Waals surface area contributed by atoms with Crippen molar-refractivity contribution in [1.29, 1.82) is 0 Å². The zero-order chi connectivity index (χ0) is 14.8. The van der Waals surface area contributed by atoms with Gasteiger partial charge < -0.3 is 10.4 Å². The fourth-order valence-electron chi connectivity index (χ4n) is 2.00. The van der Waals surface area contributed by atoms with Crippen molar-refractivity contribution in [2.45, 2.75) is 65.5 Å². The molecule has 0 radical (unpaired) electrons. The molecule has 5 nitrogen and oxygen atoms in total. The van der Waals surface area contributed by atoms with Gasteiger partial charge in [-0.1, -0.05) is 13.3 Å². The lowest BCUT2D eigenvalue weighted by Crippen LogP contribution is -2.48. The molecule has 0 saturated carbocycles. The summed E-state index contributed by atoms with van der Waals surface area (Å²) in [4.78, 5) is 24.6. The van der Waals surface area contributed by atoms with E-state index in [1.807, 2.05) is 25.7 Å². The Hall–Kier alpha value is -1.10. The van der Waals surface area contributed by atoms with Crippen LogP contribution in [0.1, 0.15) is 53.4 Å². The third kappa shape index (κ3) is 7.82. The van der Waals surface area contributed by atoms with E-state index < -0.39 is 5.97 Å². The van der Waals surface area contributed by atoms with Gasteiger partial charge in [0.15, 0.2) is 0 Å². The summed E-state index contributed by atoms with van der Waals surface area (Å²) < 4.78 is 0. The highest BCUT2D eigenvalue weighted by molar-refractivity contribution is 5.81. The second-order valence-electron chi connectivity index (χ2n) is 5.15. The highest BCUT2D eigenvalue weighted by atomic mass is 16.4. The van der Waals surface area contributed by atoms with Crippen molar-refractivity contribution in [2.24, 2.45) is 0 Å². The Kier molecular flexibility index (Phi) is 9.21. The van der Waals surface area contributed by atoms with Crippen LogP contribution in [0.3, 0.4) is 0 Å². The number of nitrogens with zero attached hydrogens (tertiary/aromatic N) is 1. The summed E-state index contributed by atoms with van der Waals surface area (Å²) in [5.41, 5.74) is 0. The van der Waals surface area contributed by atoms with Gasteiger partial charge >= 0.3 is 5.97 Å². The lowest BCUT2D eigenvalue weighted by Gasteiger charge is -2.31. The zero-order valence-corrected chi connectivity index (χ0v) is 12.6. The molecule has 0 heterocycles. The minimum Gasteiger partial charge on any atom is -0.481 e. The average Bonchev–Trinajstić information content (AvgIpc) is 2.33. The Morgan fingerprint density at radius 3 is 2.32 bits per heavy atom. The zero-order valence-electron chi connectivity index (χ0n) is 12.6. The van der Waals surface area contributed by atoms with E-state index in [-0.39, 0.29) is 24.4 Å². The number of aliphatic carboxylic acids is 1. The summed E-state index contributed by atoms with van der Waals surface area (Å²) in [6.07, 6.45) is 2.76. The fourth-order valence-corrected chi connectivity index (χ4v) is 2.00. The van der Waals surface area contributed by atoms with Gasteiger partial charge in [0.25, 0.3) is 0 Å². The predicted molar refractivity (Wildman–Crippen MR) is 76.1 cm³/mol. The van der Waals surface area contributed by atoms with E-state index >= 15 is 0 Å². The molecule has 0 rings (SSSR count). The number of nitrogens with one attached hydrogen (secondary N) is 1. The van der Waals surface area contributed by atoms with Gasteiger partial charge in [0, 0.05) is 19.0 Å². The van der Waals surface area contributed by atoms with E-state index in [2.05, 4.69) is 12.2 Å². The monoisotopic (exact) mass is 272 g/mol. The van der Waals surface area contributed by atoms with E-state index in [1.165, 1.54) is 0 Å². The first kappa shape index (κ1) is 17.9. The Morgan fingerprint density at radius 1 is 1.21 bits per heavy atom. The van der Waals surface area contributed by atoms with Crippen molar-refractivity contribution in [1.82, 2.24) is 10.2 Å². The normalized spacial score (nSPS) is 12.7. The predicted octanol–water partition coefficient (Wildman–Crippen LogP) is 1.87. The van der Waals surface area contributed by atoms with Crippen LogP contribution in [0, 0.1) is 0 Å². The molecule has 0 aromatic heterocycles. The van der Waals surface area contributed by atoms with Gasteiger partial charge in [-0.2, -0.15) is 0 Å². The number of carboxylic acids is 1. The minimum atomic E-state index is -0.788. The molecule has 1 atom stereocenters. The van der Waals surface area contributed by atoms with Crippen LogP contribution in [0.15, 0.2) is 0 Å². The summed E-state index contributed by atoms with van der Waals surface area (Å²) in [6, 6.07) is 0.00590. The number of carbonyl (C=O) groups excluding carboxylic acids is 1. The van der Waals surface area contributed by atoms with Crippen LogP contribution < -0.4 is 5.32 Å². The van der Waals surface area contributed by atoms with Crippen LogP contribution in [0.2, 0.25) is 0 Å². The summed E-state index contributed by atoms with van der Waals surface area (Å²) in [6.45, 7) is 9.35. The molecule has 0 aromatic carbocycles. The molecule has 0 fully saturated rings. The highest BCUT2D eigenvalue weighted by Crippen LogP contribution is 2.08. The summed E-state index contributed by atoms with van der Waals surface area (Å²) >= 11 is 0. The van der Waals surface area contributed by atoms with E-state index in [0.717, 1.165) is 12.8 Å². The molecule has 0 aliphatic rings. The van der Waals surface area contributed by atoms with Crippen LogP contribution >= 0.6 is 0 Å². The topological polar surface area (TPSA) is 69.6 Å². The first-order chi connectivity index (χ1) is 8.90. The van der Waals surface area contributed by atoms with Gasteiger partial charge in [0.2, 0.25) is 5.91 Å². The van der Waals surface area contributed by atoms with Gasteiger partial charge in [-0.3, -0.25) is 14.5 Å². The third-order valence-electron chi connectivity index (χ3n) is 3.18. The number of carbonyl (C=O) groups is 2. The molecule has 0 spiro atoms. The molecule has 0 saturated heterocycles. The highest BCUT2D eigenvalue weighted by Gasteiger charge is 2.22. The van der Waals surface area contributed by atoms with Gasteiger partial charge in [-0.15, -0.1) is 0 Å². The number of rotatable bonds is 10. The lowest BCUT2D eigenvalue weighted by atomic mass is 10.1. The molecule has 19 heavy (non-hydrogen) atoms. The maximum absolute atomic E-state index is 12.0. The summed E-state index contributed by atoms with van der Waals surface area (Å²) in [7, 11) is 0. The Balaban J connectivity index is 4.27. The molecule has 5 heteroatoms. The third-order valence-corrected chi connectivity index (χ3v) is 3.18. The maximum Gasteiger partial charge on any atom is 0.303 e. The van der Waals surface area contributed by atoms with Crippen molar-refractivity contribution in [3.8, 4) is 0 Å². The van der Waals surface area contributed by atoms with Crippen LogP contribution in [0.5, 0.6) is 0 Å². The van der Waals surface area contributed by atoms with E-state index in [0.29, 0.717) is 19.5 Å². The van der Waals surface area contributed by atoms with Crippen molar-refractivity contribution in [2.75, 3.05) is 13.1 Å². The first-order valence-electron chi connectivity index (χ1n) is 7.15. The fraction of sp³-hybridized carbons (Fsp3) is 0.857. The molecule has 0 aromatic rings. The van der Waals surface area contributed by atoms with Gasteiger partial charge in [-0.25, -0.2) is 0 Å². The van der Waals surface area contributed by atoms with Gasteiger partial charge in [-0.05, 0) is 40.2 Å². The molecule has 1 unspecified atom stereocenters. The van der Waals surface area contributed by atoms with Crippen LogP contribution in [-0.4, -0.2) is 47.1 Å². The Labute approximate surface area is 116 Å². The first-order valence-corrected chi connectivity index (χ1v) is 7.15. The van der Waals surface area contributed by atoms with Crippen molar-refractivity contribution >= 4 is 11.9 Å². The summed E-state index contributed by atoms with van der Waals surface area (Å²) in [5.74, 6) is -0.763. The quantitative estimate of drug-likeness (QED) is 0.596. The molecule has 112 valence electrons.